The summed E-state index contributed by atoms with van der Waals surface area (Å²) >= 11 is 0. The number of benzene rings is 2. The van der Waals surface area contributed by atoms with Crippen molar-refractivity contribution in [1.82, 2.24) is 20.1 Å². The zero-order valence-corrected chi connectivity index (χ0v) is 16.8. The molecule has 4 N–H and O–H groups in total. The Balaban J connectivity index is 1.64. The van der Waals surface area contributed by atoms with Crippen LogP contribution in [-0.4, -0.2) is 20.7 Å². The molecule has 0 bridgehead atoms. The van der Waals surface area contributed by atoms with Gasteiger partial charge < -0.3 is 16.0 Å². The predicted octanol–water partition coefficient (Wildman–Crippen LogP) is 3.81. The molecule has 0 aliphatic rings. The molecule has 0 unspecified atom stereocenters. The molecule has 0 saturated heterocycles. The molecule has 0 saturated carbocycles. The highest BCUT2D eigenvalue weighted by atomic mass is 19.4. The maximum atomic E-state index is 13.1. The highest BCUT2D eigenvalue weighted by molar-refractivity contribution is 5.92. The fourth-order valence-corrected chi connectivity index (χ4v) is 3.39. The number of hydrogen-bond acceptors (Lipinski definition) is 4. The van der Waals surface area contributed by atoms with E-state index in [1.54, 1.807) is 18.3 Å². The Hall–Kier alpha value is -4.08. The number of carbonyl (C=O) groups excluding carboxylic acids is 1. The second kappa shape index (κ2) is 7.88. The zero-order chi connectivity index (χ0) is 23.0. The highest BCUT2D eigenvalue weighted by Crippen LogP contribution is 2.32. The Morgan fingerprint density at radius 1 is 1.16 bits per heavy atom. The summed E-state index contributed by atoms with van der Waals surface area (Å²) in [6.07, 6.45) is -2.85. The molecule has 0 radical (unpaired) electrons. The average Bonchev–Trinajstić information content (AvgIpc) is 3.22. The van der Waals surface area contributed by atoms with E-state index in [0.717, 1.165) is 22.2 Å². The van der Waals surface area contributed by atoms with Crippen LogP contribution in [0.15, 0.2) is 65.6 Å². The molecule has 10 heteroatoms. The van der Waals surface area contributed by atoms with Gasteiger partial charge in [0.2, 0.25) is 0 Å². The van der Waals surface area contributed by atoms with Gasteiger partial charge in [0.05, 0.1) is 22.8 Å². The Kier molecular flexibility index (Phi) is 5.21. The largest absolute Gasteiger partial charge is 0.416 e. The van der Waals surface area contributed by atoms with Gasteiger partial charge in [-0.1, -0.05) is 12.1 Å². The number of anilines is 1. The second-order valence-corrected chi connectivity index (χ2v) is 7.27. The number of para-hydroxylation sites is 1. The number of halogens is 3. The van der Waals surface area contributed by atoms with E-state index < -0.39 is 29.2 Å². The number of nitrogens with one attached hydrogen (secondary N) is 2. The summed E-state index contributed by atoms with van der Waals surface area (Å²) < 4.78 is 40.3. The van der Waals surface area contributed by atoms with E-state index in [-0.39, 0.29) is 16.9 Å². The van der Waals surface area contributed by atoms with Crippen molar-refractivity contribution >= 4 is 22.5 Å². The Morgan fingerprint density at radius 3 is 2.69 bits per heavy atom. The van der Waals surface area contributed by atoms with Crippen molar-refractivity contribution in [1.29, 1.82) is 0 Å². The number of aromatic amines is 1. The number of nitrogen functional groups attached to an aromatic ring is 1. The molecule has 0 fully saturated rings. The number of hydrogen-bond donors (Lipinski definition) is 3. The highest BCUT2D eigenvalue weighted by Gasteiger charge is 2.31. The van der Waals surface area contributed by atoms with Crippen LogP contribution in [0.4, 0.5) is 18.9 Å². The molecule has 32 heavy (non-hydrogen) atoms. The molecule has 164 valence electrons. The van der Waals surface area contributed by atoms with Crippen LogP contribution in [0, 0.1) is 0 Å². The molecule has 4 rings (SSSR count). The summed E-state index contributed by atoms with van der Waals surface area (Å²) in [6.45, 7) is 1.53. The summed E-state index contributed by atoms with van der Waals surface area (Å²) in [5, 5.41) is 7.62. The number of aromatic nitrogens is 3. The first-order valence-electron chi connectivity index (χ1n) is 9.59. The topological polar surface area (TPSA) is 106 Å². The third-order valence-electron chi connectivity index (χ3n) is 4.98. The number of amides is 1. The fraction of sp³-hybridized carbons (Fsp3) is 0.136. The van der Waals surface area contributed by atoms with Crippen LogP contribution in [-0.2, 0) is 6.18 Å². The maximum Gasteiger partial charge on any atom is 0.416 e. The van der Waals surface area contributed by atoms with E-state index in [4.69, 9.17) is 5.73 Å². The lowest BCUT2D eigenvalue weighted by molar-refractivity contribution is -0.137. The zero-order valence-electron chi connectivity index (χ0n) is 16.8. The van der Waals surface area contributed by atoms with Gasteiger partial charge in [0.15, 0.2) is 0 Å². The molecule has 7 nitrogen and oxygen atoms in total. The van der Waals surface area contributed by atoms with E-state index in [9.17, 15) is 22.8 Å². The summed E-state index contributed by atoms with van der Waals surface area (Å²) in [4.78, 5) is 28.2. The summed E-state index contributed by atoms with van der Waals surface area (Å²) in [5.41, 5.74) is 5.45. The number of rotatable bonds is 4. The van der Waals surface area contributed by atoms with Gasteiger partial charge >= 0.3 is 6.18 Å². The Labute approximate surface area is 179 Å². The van der Waals surface area contributed by atoms with E-state index >= 15 is 0 Å². The summed E-state index contributed by atoms with van der Waals surface area (Å²) in [6, 6.07) is 11.9. The Bertz CT molecular complexity index is 1370. The van der Waals surface area contributed by atoms with Crippen molar-refractivity contribution in [3.05, 3.63) is 88.0 Å². The normalized spacial score (nSPS) is 12.6. The number of carbonyl (C=O) groups is 1. The molecule has 2 aromatic heterocycles. The number of nitrogens with two attached hydrogens (primary N) is 1. The van der Waals surface area contributed by atoms with Crippen molar-refractivity contribution in [3.8, 4) is 5.69 Å². The van der Waals surface area contributed by atoms with Gasteiger partial charge in [-0.05, 0) is 48.9 Å². The first-order chi connectivity index (χ1) is 15.1. The third-order valence-corrected chi connectivity index (χ3v) is 4.98. The van der Waals surface area contributed by atoms with Crippen molar-refractivity contribution in [2.45, 2.75) is 19.1 Å². The molecule has 2 aromatic carbocycles. The molecule has 2 heterocycles. The van der Waals surface area contributed by atoms with Crippen LogP contribution in [0.25, 0.3) is 16.6 Å². The predicted molar refractivity (Wildman–Crippen MR) is 113 cm³/mol. The third kappa shape index (κ3) is 4.07. The first-order valence-corrected chi connectivity index (χ1v) is 9.59. The number of alkyl halides is 3. The minimum atomic E-state index is -4.57. The number of fused-ring (bicyclic) bond motifs is 1. The number of H-pyrrole nitrogens is 1. The Morgan fingerprint density at radius 2 is 1.94 bits per heavy atom. The van der Waals surface area contributed by atoms with Gasteiger partial charge in [0, 0.05) is 23.3 Å². The number of nitrogens with zero attached hydrogens (tertiary/aromatic N) is 2. The molecule has 1 atom stereocenters. The van der Waals surface area contributed by atoms with Crippen LogP contribution in [0.2, 0.25) is 0 Å². The van der Waals surface area contributed by atoms with E-state index in [0.29, 0.717) is 11.2 Å². The van der Waals surface area contributed by atoms with Crippen LogP contribution in [0.1, 0.15) is 34.6 Å². The van der Waals surface area contributed by atoms with E-state index in [2.05, 4.69) is 15.4 Å². The van der Waals surface area contributed by atoms with Gasteiger partial charge in [-0.2, -0.15) is 23.0 Å². The van der Waals surface area contributed by atoms with E-state index in [1.165, 1.54) is 25.1 Å². The quantitative estimate of drug-likeness (QED) is 0.419. The SMILES string of the molecule is C[C@@H](NC(=O)c1ccc(=O)n(-c2cccc3cc[nH]c23)n1)c1cc(N)cc(C(F)(F)F)c1. The molecular weight excluding hydrogens is 423 g/mol. The minimum Gasteiger partial charge on any atom is -0.399 e. The van der Waals surface area contributed by atoms with Crippen LogP contribution < -0.4 is 16.6 Å². The van der Waals surface area contributed by atoms with Gasteiger partial charge in [-0.15, -0.1) is 0 Å². The molecule has 0 spiro atoms. The van der Waals surface area contributed by atoms with Crippen molar-refractivity contribution in [3.63, 3.8) is 0 Å². The first kappa shape index (κ1) is 21.2. The van der Waals surface area contributed by atoms with Gasteiger partial charge in [0.1, 0.15) is 5.69 Å². The van der Waals surface area contributed by atoms with E-state index in [1.807, 2.05) is 12.1 Å². The van der Waals surface area contributed by atoms with Gasteiger partial charge in [0.25, 0.3) is 11.5 Å². The van der Waals surface area contributed by atoms with Gasteiger partial charge in [-0.25, -0.2) is 0 Å². The lowest BCUT2D eigenvalue weighted by Gasteiger charge is -2.17. The summed E-state index contributed by atoms with van der Waals surface area (Å²) in [7, 11) is 0. The second-order valence-electron chi connectivity index (χ2n) is 7.27. The fourth-order valence-electron chi connectivity index (χ4n) is 3.39. The molecule has 1 amide bonds. The van der Waals surface area contributed by atoms with Crippen LogP contribution in [0.5, 0.6) is 0 Å². The summed E-state index contributed by atoms with van der Waals surface area (Å²) in [5.74, 6) is -0.652. The van der Waals surface area contributed by atoms with Crippen LogP contribution in [0.3, 0.4) is 0 Å². The van der Waals surface area contributed by atoms with Gasteiger partial charge in [-0.3, -0.25) is 9.59 Å². The standard InChI is InChI=1S/C22H18F3N5O2/c1-12(14-9-15(22(23,24)25)11-16(26)10-14)28-21(32)17-5-6-19(31)30(29-17)18-4-2-3-13-7-8-27-20(13)18/h2-12,27H,26H2,1H3,(H,28,32)/t12-/m1/s1. The molecule has 4 aromatic rings. The van der Waals surface area contributed by atoms with Crippen molar-refractivity contribution < 1.29 is 18.0 Å². The lowest BCUT2D eigenvalue weighted by atomic mass is 10.0. The lowest BCUT2D eigenvalue weighted by Crippen LogP contribution is -2.31. The maximum absolute atomic E-state index is 13.1. The van der Waals surface area contributed by atoms with Crippen molar-refractivity contribution in [2.75, 3.05) is 5.73 Å². The monoisotopic (exact) mass is 441 g/mol. The molecular formula is C22H18F3N5O2. The smallest absolute Gasteiger partial charge is 0.399 e. The van der Waals surface area contributed by atoms with Crippen LogP contribution >= 0.6 is 0 Å². The van der Waals surface area contributed by atoms with Crippen molar-refractivity contribution in [2.24, 2.45) is 0 Å². The molecule has 0 aliphatic heterocycles. The average molecular weight is 441 g/mol. The molecule has 0 aliphatic carbocycles. The minimum absolute atomic E-state index is 0.0679.